The lowest BCUT2D eigenvalue weighted by Crippen LogP contribution is -2.37. The molecule has 0 amide bonds. The van der Waals surface area contributed by atoms with Gasteiger partial charge < -0.3 is 5.32 Å². The summed E-state index contributed by atoms with van der Waals surface area (Å²) < 4.78 is 4.69. The van der Waals surface area contributed by atoms with Crippen LogP contribution in [0.25, 0.3) is 0 Å². The van der Waals surface area contributed by atoms with Crippen molar-refractivity contribution in [3.05, 3.63) is 11.4 Å². The number of aryl methyl sites for hydroxylation is 1. The molecule has 0 saturated heterocycles. The van der Waals surface area contributed by atoms with Crippen molar-refractivity contribution in [1.29, 1.82) is 0 Å². The summed E-state index contributed by atoms with van der Waals surface area (Å²) in [5.41, 5.74) is 2.30. The van der Waals surface area contributed by atoms with Crippen LogP contribution in [0.3, 0.4) is 0 Å². The van der Waals surface area contributed by atoms with E-state index in [1.165, 1.54) is 25.7 Å². The second-order valence-electron chi connectivity index (χ2n) is 5.63. The van der Waals surface area contributed by atoms with Gasteiger partial charge in [0.25, 0.3) is 0 Å². The molecule has 1 aliphatic rings. The maximum atomic E-state index is 4.69. The van der Waals surface area contributed by atoms with Crippen LogP contribution in [0.5, 0.6) is 0 Å². The summed E-state index contributed by atoms with van der Waals surface area (Å²) >= 11 is 0. The number of hydrogen-bond acceptors (Lipinski definition) is 4. The zero-order valence-electron chi connectivity index (χ0n) is 10.4. The van der Waals surface area contributed by atoms with Crippen molar-refractivity contribution in [3.8, 4) is 0 Å². The molecule has 4 heteroatoms. The predicted octanol–water partition coefficient (Wildman–Crippen LogP) is 2.44. The molecular formula is C12H21N3O. The van der Waals surface area contributed by atoms with Crippen molar-refractivity contribution in [2.45, 2.75) is 59.0 Å². The molecule has 1 saturated carbocycles. The van der Waals surface area contributed by atoms with Crippen molar-refractivity contribution in [2.24, 2.45) is 5.41 Å². The van der Waals surface area contributed by atoms with Crippen molar-refractivity contribution in [1.82, 2.24) is 15.6 Å². The topological polar surface area (TPSA) is 51.0 Å². The quantitative estimate of drug-likeness (QED) is 0.855. The molecule has 1 heterocycles. The number of rotatable bonds is 3. The third kappa shape index (κ3) is 2.82. The molecule has 2 rings (SSSR count). The van der Waals surface area contributed by atoms with E-state index in [2.05, 4.69) is 34.1 Å². The van der Waals surface area contributed by atoms with E-state index in [1.54, 1.807) is 0 Å². The number of hydrogen-bond donors (Lipinski definition) is 1. The Balaban J connectivity index is 1.84. The van der Waals surface area contributed by atoms with Gasteiger partial charge in [-0.3, -0.25) is 0 Å². The van der Waals surface area contributed by atoms with Crippen molar-refractivity contribution in [3.63, 3.8) is 0 Å². The molecule has 1 unspecified atom stereocenters. The molecule has 1 fully saturated rings. The molecule has 1 aromatic rings. The Morgan fingerprint density at radius 3 is 2.88 bits per heavy atom. The van der Waals surface area contributed by atoms with Gasteiger partial charge in [-0.1, -0.05) is 30.6 Å². The molecule has 4 nitrogen and oxygen atoms in total. The molecule has 0 spiro atoms. The zero-order valence-corrected chi connectivity index (χ0v) is 10.4. The highest BCUT2D eigenvalue weighted by molar-refractivity contribution is 5.04. The van der Waals surface area contributed by atoms with Crippen molar-refractivity contribution in [2.75, 3.05) is 0 Å². The van der Waals surface area contributed by atoms with Crippen molar-refractivity contribution >= 4 is 0 Å². The fourth-order valence-corrected chi connectivity index (χ4v) is 2.52. The van der Waals surface area contributed by atoms with E-state index in [-0.39, 0.29) is 0 Å². The van der Waals surface area contributed by atoms with Gasteiger partial charge in [0.15, 0.2) is 0 Å². The summed E-state index contributed by atoms with van der Waals surface area (Å²) in [6.45, 7) is 7.40. The highest BCUT2D eigenvalue weighted by Crippen LogP contribution is 2.35. The van der Waals surface area contributed by atoms with E-state index in [1.807, 2.05) is 6.92 Å². The van der Waals surface area contributed by atoms with Gasteiger partial charge >= 0.3 is 0 Å². The average molecular weight is 223 g/mol. The Labute approximate surface area is 96.8 Å². The Morgan fingerprint density at radius 1 is 1.44 bits per heavy atom. The first-order valence-corrected chi connectivity index (χ1v) is 6.08. The second-order valence-corrected chi connectivity index (χ2v) is 5.63. The third-order valence-corrected chi connectivity index (χ3v) is 3.51. The van der Waals surface area contributed by atoms with Gasteiger partial charge in [-0.05, 0) is 31.6 Å². The average Bonchev–Trinajstić information content (AvgIpc) is 2.60. The Bertz CT molecular complexity index is 346. The van der Waals surface area contributed by atoms with Crippen LogP contribution in [0, 0.1) is 12.3 Å². The Hall–Kier alpha value is -0.900. The molecule has 0 bridgehead atoms. The molecule has 1 atom stereocenters. The maximum Gasteiger partial charge on any atom is 0.121 e. The zero-order chi connectivity index (χ0) is 11.6. The van der Waals surface area contributed by atoms with Crippen LogP contribution in [0.2, 0.25) is 0 Å². The number of nitrogens with zero attached hydrogens (tertiary/aromatic N) is 2. The van der Waals surface area contributed by atoms with Gasteiger partial charge in [0.2, 0.25) is 0 Å². The first kappa shape index (κ1) is 11.6. The lowest BCUT2D eigenvalue weighted by Gasteiger charge is -2.35. The van der Waals surface area contributed by atoms with Gasteiger partial charge in [-0.25, -0.2) is 4.63 Å². The largest absolute Gasteiger partial charge is 0.308 e. The van der Waals surface area contributed by atoms with Crippen LogP contribution < -0.4 is 5.32 Å². The minimum Gasteiger partial charge on any atom is -0.308 e. The van der Waals surface area contributed by atoms with Crippen LogP contribution in [0.4, 0.5) is 0 Å². The van der Waals surface area contributed by atoms with E-state index in [0.29, 0.717) is 11.5 Å². The van der Waals surface area contributed by atoms with E-state index in [4.69, 9.17) is 0 Å². The number of aromatic nitrogens is 2. The number of nitrogens with one attached hydrogen (secondary N) is 1. The lowest BCUT2D eigenvalue weighted by atomic mass is 9.75. The Morgan fingerprint density at radius 2 is 2.25 bits per heavy atom. The minimum absolute atomic E-state index is 0.479. The van der Waals surface area contributed by atoms with Crippen LogP contribution in [0.15, 0.2) is 4.63 Å². The molecule has 90 valence electrons. The first-order valence-electron chi connectivity index (χ1n) is 6.08. The summed E-state index contributed by atoms with van der Waals surface area (Å²) in [5.74, 6) is 0. The first-order chi connectivity index (χ1) is 7.57. The smallest absolute Gasteiger partial charge is 0.121 e. The van der Waals surface area contributed by atoms with Crippen LogP contribution in [-0.4, -0.2) is 16.4 Å². The summed E-state index contributed by atoms with van der Waals surface area (Å²) in [5, 5.41) is 11.2. The highest BCUT2D eigenvalue weighted by atomic mass is 16.6. The second kappa shape index (κ2) is 4.53. The van der Waals surface area contributed by atoms with E-state index in [9.17, 15) is 0 Å². The van der Waals surface area contributed by atoms with E-state index < -0.39 is 0 Å². The summed E-state index contributed by atoms with van der Waals surface area (Å²) in [6.07, 6.45) is 5.18. The third-order valence-electron chi connectivity index (χ3n) is 3.51. The van der Waals surface area contributed by atoms with Gasteiger partial charge in [0.1, 0.15) is 11.4 Å². The fraction of sp³-hybridized carbons (Fsp3) is 0.833. The fourth-order valence-electron chi connectivity index (χ4n) is 2.52. The maximum absolute atomic E-state index is 4.69. The molecule has 1 aliphatic carbocycles. The van der Waals surface area contributed by atoms with Gasteiger partial charge in [-0.15, -0.1) is 0 Å². The summed E-state index contributed by atoms with van der Waals surface area (Å²) in [4.78, 5) is 0. The molecular weight excluding hydrogens is 202 g/mol. The molecule has 1 N–H and O–H groups in total. The van der Waals surface area contributed by atoms with Crippen LogP contribution in [-0.2, 0) is 6.54 Å². The lowest BCUT2D eigenvalue weighted by molar-refractivity contribution is 0.197. The van der Waals surface area contributed by atoms with Gasteiger partial charge in [0.05, 0.1) is 0 Å². The molecule has 0 radical (unpaired) electrons. The van der Waals surface area contributed by atoms with Gasteiger partial charge in [0, 0.05) is 12.6 Å². The Kier molecular flexibility index (Phi) is 3.28. The summed E-state index contributed by atoms with van der Waals surface area (Å²) in [6, 6.07) is 0.611. The monoisotopic (exact) mass is 223 g/mol. The normalized spacial score (nSPS) is 24.6. The standard InChI is InChI=1S/C12H21N3O/c1-9-11(15-16-14-9)8-13-10-5-4-6-12(2,3)7-10/h10,13H,4-8H2,1-3H3. The predicted molar refractivity (Wildman–Crippen MR) is 61.9 cm³/mol. The molecule has 1 aromatic heterocycles. The highest BCUT2D eigenvalue weighted by Gasteiger charge is 2.27. The molecule has 16 heavy (non-hydrogen) atoms. The van der Waals surface area contributed by atoms with E-state index in [0.717, 1.165) is 17.9 Å². The van der Waals surface area contributed by atoms with E-state index >= 15 is 0 Å². The van der Waals surface area contributed by atoms with Gasteiger partial charge in [-0.2, -0.15) is 0 Å². The summed E-state index contributed by atoms with van der Waals surface area (Å²) in [7, 11) is 0. The SMILES string of the molecule is Cc1nonc1CNC1CCCC(C)(C)C1. The van der Waals surface area contributed by atoms with Crippen LogP contribution >= 0.6 is 0 Å². The van der Waals surface area contributed by atoms with Crippen LogP contribution in [0.1, 0.15) is 50.9 Å². The molecule has 0 aliphatic heterocycles. The molecule has 0 aromatic carbocycles. The van der Waals surface area contributed by atoms with Crippen molar-refractivity contribution < 1.29 is 4.63 Å². The minimum atomic E-state index is 0.479.